The number of aromatic nitrogens is 2. The van der Waals surface area contributed by atoms with Crippen molar-refractivity contribution in [1.29, 1.82) is 0 Å². The van der Waals surface area contributed by atoms with Gasteiger partial charge in [-0.05, 0) is 54.7 Å². The lowest BCUT2D eigenvalue weighted by Gasteiger charge is -2.34. The number of benzene rings is 2. The van der Waals surface area contributed by atoms with E-state index in [1.54, 1.807) is 11.3 Å². The lowest BCUT2D eigenvalue weighted by Crippen LogP contribution is -2.40. The van der Waals surface area contributed by atoms with Crippen LogP contribution in [0.4, 0.5) is 17.3 Å². The van der Waals surface area contributed by atoms with Crippen LogP contribution in [0.25, 0.3) is 21.0 Å². The summed E-state index contributed by atoms with van der Waals surface area (Å²) in [4.78, 5) is 27.4. The molecule has 3 unspecified atom stereocenters. The molecule has 1 amide bonds. The fourth-order valence-corrected chi connectivity index (χ4v) is 7.17. The van der Waals surface area contributed by atoms with Gasteiger partial charge in [-0.2, -0.15) is 0 Å². The van der Waals surface area contributed by atoms with Crippen molar-refractivity contribution in [3.05, 3.63) is 53.5 Å². The lowest BCUT2D eigenvalue weighted by molar-refractivity contribution is -0.116. The predicted octanol–water partition coefficient (Wildman–Crippen LogP) is 5.22. The van der Waals surface area contributed by atoms with Crippen LogP contribution in [0, 0.1) is 11.8 Å². The van der Waals surface area contributed by atoms with E-state index in [0.29, 0.717) is 50.5 Å². The quantitative estimate of drug-likeness (QED) is 0.263. The van der Waals surface area contributed by atoms with Gasteiger partial charge in [0.1, 0.15) is 6.23 Å². The van der Waals surface area contributed by atoms with Crippen molar-refractivity contribution >= 4 is 55.6 Å². The van der Waals surface area contributed by atoms with Crippen molar-refractivity contribution < 1.29 is 14.6 Å². The molecule has 0 radical (unpaired) electrons. The number of carbonyl (C=O) groups excluding carboxylic acids is 1. The number of nitrogens with one attached hydrogen (secondary N) is 2. The van der Waals surface area contributed by atoms with Crippen LogP contribution in [0.2, 0.25) is 0 Å². The Labute approximate surface area is 244 Å². The Morgan fingerprint density at radius 3 is 2.71 bits per heavy atom. The predicted molar refractivity (Wildman–Crippen MR) is 165 cm³/mol. The number of aliphatic hydroxyl groups excluding tert-OH is 1. The minimum Gasteiger partial charge on any atom is -0.379 e. The van der Waals surface area contributed by atoms with E-state index in [0.717, 1.165) is 56.9 Å². The molecule has 0 aliphatic carbocycles. The first-order valence-corrected chi connectivity index (χ1v) is 15.3. The number of hydrogen-bond donors (Lipinski definition) is 3. The number of likely N-dealkylation sites (tertiary alicyclic amines) is 1. The van der Waals surface area contributed by atoms with Crippen molar-refractivity contribution in [3.63, 3.8) is 0 Å². The Balaban J connectivity index is 1.13. The van der Waals surface area contributed by atoms with Crippen LogP contribution in [-0.2, 0) is 9.53 Å². The molecule has 2 aliphatic rings. The molecule has 0 saturated carbocycles. The maximum absolute atomic E-state index is 12.7. The molecule has 6 rings (SSSR count). The number of piperidine rings is 1. The van der Waals surface area contributed by atoms with Crippen LogP contribution in [0.3, 0.4) is 0 Å². The number of thiophene rings is 1. The van der Waals surface area contributed by atoms with E-state index in [4.69, 9.17) is 9.72 Å². The summed E-state index contributed by atoms with van der Waals surface area (Å²) < 4.78 is 6.51. The van der Waals surface area contributed by atoms with Crippen molar-refractivity contribution in [2.45, 2.75) is 32.9 Å². The summed E-state index contributed by atoms with van der Waals surface area (Å²) in [5.74, 6) is 1.86. The number of carbonyl (C=O) groups is 1. The zero-order chi connectivity index (χ0) is 28.3. The molecule has 3 N–H and O–H groups in total. The number of amides is 1. The molecule has 10 heteroatoms. The van der Waals surface area contributed by atoms with Crippen LogP contribution in [-0.4, -0.2) is 76.7 Å². The Morgan fingerprint density at radius 2 is 1.90 bits per heavy atom. The molecule has 4 heterocycles. The molecule has 2 aromatic carbocycles. The fourth-order valence-electron chi connectivity index (χ4n) is 6.08. The SMILES string of the molecule is CC1CC(C)CN(CCC(=O)Nc2cccc(Nc3ncc4ccc5sc(C(O)N6CCOCC6)cc5c4n3)c2)C1. The molecule has 2 fully saturated rings. The molecule has 0 bridgehead atoms. The van der Waals surface area contributed by atoms with Crippen molar-refractivity contribution in [2.75, 3.05) is 56.6 Å². The van der Waals surface area contributed by atoms with Gasteiger partial charge in [0.2, 0.25) is 11.9 Å². The Hall–Kier alpha value is -3.15. The molecule has 216 valence electrons. The molecule has 2 aliphatic heterocycles. The number of anilines is 3. The highest BCUT2D eigenvalue weighted by Gasteiger charge is 2.23. The van der Waals surface area contributed by atoms with E-state index in [1.165, 1.54) is 6.42 Å². The summed E-state index contributed by atoms with van der Waals surface area (Å²) in [5, 5.41) is 19.3. The monoisotopic (exact) mass is 574 g/mol. The van der Waals surface area contributed by atoms with Crippen LogP contribution in [0.5, 0.6) is 0 Å². The molecular formula is C31H38N6O3S. The highest BCUT2D eigenvalue weighted by atomic mass is 32.1. The number of ether oxygens (including phenoxy) is 1. The van der Waals surface area contributed by atoms with Crippen LogP contribution in [0.1, 0.15) is 37.8 Å². The Kier molecular flexibility index (Phi) is 8.45. The molecule has 9 nitrogen and oxygen atoms in total. The second-order valence-electron chi connectivity index (χ2n) is 11.5. The van der Waals surface area contributed by atoms with Gasteiger partial charge in [-0.15, -0.1) is 11.3 Å². The third kappa shape index (κ3) is 6.68. The third-order valence-corrected chi connectivity index (χ3v) is 9.05. The zero-order valence-corrected chi connectivity index (χ0v) is 24.5. The number of nitrogens with zero attached hydrogens (tertiary/aromatic N) is 4. The largest absolute Gasteiger partial charge is 0.379 e. The van der Waals surface area contributed by atoms with Gasteiger partial charge in [0, 0.05) is 77.1 Å². The summed E-state index contributed by atoms with van der Waals surface area (Å²) in [6.45, 7) is 10.2. The molecule has 3 atom stereocenters. The first-order chi connectivity index (χ1) is 19.9. The minimum absolute atomic E-state index is 0.0184. The molecule has 4 aromatic rings. The van der Waals surface area contributed by atoms with Gasteiger partial charge in [-0.3, -0.25) is 9.69 Å². The minimum atomic E-state index is -0.657. The average Bonchev–Trinajstić information content (AvgIpc) is 3.41. The standard InChI is InChI=1S/C31H38N6O3S/c1-20-14-21(2)19-36(18-20)9-8-28(38)33-23-4-3-5-24(15-23)34-31-32-17-22-6-7-26-25(29(22)35-31)16-27(41-26)30(39)37-10-12-40-13-11-37/h3-7,15-17,20-21,30,39H,8-14,18-19H2,1-2H3,(H,33,38)(H,32,34,35). The summed E-state index contributed by atoms with van der Waals surface area (Å²) in [6, 6.07) is 13.8. The normalized spacial score (nSPS) is 21.2. The number of hydrogen-bond acceptors (Lipinski definition) is 9. The number of rotatable bonds is 8. The average molecular weight is 575 g/mol. The van der Waals surface area contributed by atoms with Crippen molar-refractivity contribution in [2.24, 2.45) is 11.8 Å². The van der Waals surface area contributed by atoms with E-state index in [-0.39, 0.29) is 5.91 Å². The smallest absolute Gasteiger partial charge is 0.227 e. The lowest BCUT2D eigenvalue weighted by atomic mass is 9.92. The second-order valence-corrected chi connectivity index (χ2v) is 12.6. The maximum Gasteiger partial charge on any atom is 0.227 e. The van der Waals surface area contributed by atoms with E-state index < -0.39 is 6.23 Å². The fraction of sp³-hybridized carbons (Fsp3) is 0.452. The van der Waals surface area contributed by atoms with Gasteiger partial charge < -0.3 is 25.4 Å². The first-order valence-electron chi connectivity index (χ1n) is 14.5. The number of fused-ring (bicyclic) bond motifs is 3. The third-order valence-electron chi connectivity index (χ3n) is 7.91. The van der Waals surface area contributed by atoms with Crippen LogP contribution in [0.15, 0.2) is 48.7 Å². The summed E-state index contributed by atoms with van der Waals surface area (Å²) in [5.41, 5.74) is 2.37. The zero-order valence-electron chi connectivity index (χ0n) is 23.7. The summed E-state index contributed by atoms with van der Waals surface area (Å²) in [6.07, 6.45) is 2.90. The second kappa shape index (κ2) is 12.4. The van der Waals surface area contributed by atoms with Gasteiger partial charge in [0.05, 0.1) is 18.7 Å². The maximum atomic E-state index is 12.7. The van der Waals surface area contributed by atoms with Gasteiger partial charge in [-0.25, -0.2) is 9.97 Å². The van der Waals surface area contributed by atoms with Gasteiger partial charge >= 0.3 is 0 Å². The Morgan fingerprint density at radius 1 is 1.12 bits per heavy atom. The Bertz CT molecular complexity index is 1510. The highest BCUT2D eigenvalue weighted by Crippen LogP contribution is 2.35. The van der Waals surface area contributed by atoms with E-state index in [9.17, 15) is 9.90 Å². The molecule has 0 spiro atoms. The van der Waals surface area contributed by atoms with E-state index in [2.05, 4.69) is 40.4 Å². The van der Waals surface area contributed by atoms with Gasteiger partial charge in [0.25, 0.3) is 0 Å². The molecular weight excluding hydrogens is 536 g/mol. The van der Waals surface area contributed by atoms with Crippen LogP contribution >= 0.6 is 11.3 Å². The van der Waals surface area contributed by atoms with E-state index in [1.807, 2.05) is 47.5 Å². The first kappa shape index (κ1) is 28.0. The van der Waals surface area contributed by atoms with Gasteiger partial charge in [0.15, 0.2) is 0 Å². The number of morpholine rings is 1. The van der Waals surface area contributed by atoms with E-state index >= 15 is 0 Å². The highest BCUT2D eigenvalue weighted by molar-refractivity contribution is 7.19. The van der Waals surface area contributed by atoms with Crippen LogP contribution < -0.4 is 10.6 Å². The molecule has 2 saturated heterocycles. The molecule has 2 aromatic heterocycles. The molecule has 41 heavy (non-hydrogen) atoms. The van der Waals surface area contributed by atoms with Gasteiger partial charge in [-0.1, -0.05) is 19.9 Å². The summed E-state index contributed by atoms with van der Waals surface area (Å²) in [7, 11) is 0. The van der Waals surface area contributed by atoms with Crippen molar-refractivity contribution in [3.8, 4) is 0 Å². The topological polar surface area (TPSA) is 103 Å². The summed E-state index contributed by atoms with van der Waals surface area (Å²) >= 11 is 1.59. The van der Waals surface area contributed by atoms with Crippen molar-refractivity contribution in [1.82, 2.24) is 19.8 Å². The number of aliphatic hydroxyl groups is 1.